The van der Waals surface area contributed by atoms with Gasteiger partial charge >= 0.3 is 0 Å². The van der Waals surface area contributed by atoms with E-state index in [9.17, 15) is 15.0 Å². The van der Waals surface area contributed by atoms with E-state index in [1.807, 2.05) is 0 Å². The van der Waals surface area contributed by atoms with Gasteiger partial charge in [0, 0.05) is 12.3 Å². The molecule has 136 valence electrons. The molecule has 4 aliphatic rings. The summed E-state index contributed by atoms with van der Waals surface area (Å²) >= 11 is 0. The minimum atomic E-state index is -0.517. The molecule has 0 aliphatic heterocycles. The van der Waals surface area contributed by atoms with Crippen LogP contribution in [0.2, 0.25) is 0 Å². The highest BCUT2D eigenvalue weighted by Gasteiger charge is 2.63. The van der Waals surface area contributed by atoms with E-state index in [0.29, 0.717) is 35.9 Å². The molecule has 24 heavy (non-hydrogen) atoms. The first-order valence-corrected chi connectivity index (χ1v) is 10.1. The first kappa shape index (κ1) is 17.0. The van der Waals surface area contributed by atoms with Gasteiger partial charge in [0.15, 0.2) is 0 Å². The van der Waals surface area contributed by atoms with Gasteiger partial charge in [-0.3, -0.25) is 4.79 Å². The quantitative estimate of drug-likeness (QED) is 0.771. The molecule has 0 bridgehead atoms. The van der Waals surface area contributed by atoms with Crippen molar-refractivity contribution in [2.45, 2.75) is 77.7 Å². The summed E-state index contributed by atoms with van der Waals surface area (Å²) in [4.78, 5) is 12.3. The fourth-order valence-corrected chi connectivity index (χ4v) is 7.65. The molecule has 0 amide bonds. The molecule has 0 radical (unpaired) electrons. The summed E-state index contributed by atoms with van der Waals surface area (Å²) < 4.78 is 0. The second kappa shape index (κ2) is 5.30. The van der Waals surface area contributed by atoms with Crippen LogP contribution in [0.4, 0.5) is 0 Å². The van der Waals surface area contributed by atoms with E-state index in [4.69, 9.17) is 0 Å². The van der Waals surface area contributed by atoms with Gasteiger partial charge in [0.1, 0.15) is 5.78 Å². The molecule has 2 N–H and O–H groups in total. The summed E-state index contributed by atoms with van der Waals surface area (Å²) in [5, 5.41) is 20.6. The summed E-state index contributed by atoms with van der Waals surface area (Å²) in [5.41, 5.74) is -0.241. The summed E-state index contributed by atoms with van der Waals surface area (Å²) in [7, 11) is 0. The minimum Gasteiger partial charge on any atom is -0.396 e. The molecule has 0 aromatic heterocycles. The first-order chi connectivity index (χ1) is 11.2. The highest BCUT2D eigenvalue weighted by molar-refractivity contribution is 5.82. The molecule has 4 fully saturated rings. The maximum atomic E-state index is 12.3. The zero-order chi connectivity index (χ0) is 17.3. The lowest BCUT2D eigenvalue weighted by molar-refractivity contribution is -0.160. The van der Waals surface area contributed by atoms with E-state index in [2.05, 4.69) is 20.8 Å². The number of aliphatic hydroxyl groups is 2. The van der Waals surface area contributed by atoms with Gasteiger partial charge in [-0.15, -0.1) is 0 Å². The van der Waals surface area contributed by atoms with Gasteiger partial charge in [-0.25, -0.2) is 0 Å². The molecule has 0 aromatic rings. The van der Waals surface area contributed by atoms with Gasteiger partial charge in [0.05, 0.1) is 12.2 Å². The Morgan fingerprint density at radius 2 is 1.75 bits per heavy atom. The SMILES string of the molecule is C[C@]12C[C@H](CO)C(=O)C[C@H]1CC[C@@H]1[C@@H]2CC[C@@]2(C)[C@H]1CC[C@]2(C)O. The Morgan fingerprint density at radius 3 is 2.46 bits per heavy atom. The van der Waals surface area contributed by atoms with Crippen molar-refractivity contribution in [1.82, 2.24) is 0 Å². The Kier molecular flexibility index (Phi) is 3.76. The van der Waals surface area contributed by atoms with E-state index in [1.54, 1.807) is 0 Å². The standard InChI is InChI=1S/C21H34O3/c1-19-11-13(12-22)18(23)10-14(19)4-5-15-16(19)6-8-20(2)17(15)7-9-21(20,3)24/h13-17,22,24H,4-12H2,1-3H3/t13-,14-,15-,16+,17+,19+,20+,21+/m1/s1. The molecule has 3 heteroatoms. The fourth-order valence-electron chi connectivity index (χ4n) is 7.65. The molecule has 0 spiro atoms. The van der Waals surface area contributed by atoms with Gasteiger partial charge in [0.2, 0.25) is 0 Å². The smallest absolute Gasteiger partial charge is 0.138 e. The van der Waals surface area contributed by atoms with Gasteiger partial charge < -0.3 is 10.2 Å². The fraction of sp³-hybridized carbons (Fsp3) is 0.952. The number of Topliss-reactive ketones (excluding diaryl/α,β-unsaturated/α-hetero) is 1. The number of rotatable bonds is 1. The number of ketones is 1. The molecule has 0 unspecified atom stereocenters. The van der Waals surface area contributed by atoms with E-state index in [-0.39, 0.29) is 23.4 Å². The lowest BCUT2D eigenvalue weighted by Crippen LogP contribution is -2.57. The maximum absolute atomic E-state index is 12.3. The Bertz CT molecular complexity index is 541. The van der Waals surface area contributed by atoms with Crippen molar-refractivity contribution in [3.8, 4) is 0 Å². The van der Waals surface area contributed by atoms with Crippen LogP contribution in [0, 0.1) is 40.4 Å². The number of hydrogen-bond donors (Lipinski definition) is 2. The van der Waals surface area contributed by atoms with Crippen molar-refractivity contribution >= 4 is 5.78 Å². The van der Waals surface area contributed by atoms with Crippen molar-refractivity contribution < 1.29 is 15.0 Å². The largest absolute Gasteiger partial charge is 0.396 e. The topological polar surface area (TPSA) is 57.5 Å². The van der Waals surface area contributed by atoms with Crippen molar-refractivity contribution in [3.05, 3.63) is 0 Å². The number of fused-ring (bicyclic) bond motifs is 5. The Labute approximate surface area is 146 Å². The van der Waals surface area contributed by atoms with Gasteiger partial charge in [-0.1, -0.05) is 13.8 Å². The average molecular weight is 335 g/mol. The zero-order valence-electron chi connectivity index (χ0n) is 15.6. The molecular weight excluding hydrogens is 300 g/mol. The average Bonchev–Trinajstić information content (AvgIpc) is 2.77. The van der Waals surface area contributed by atoms with Crippen LogP contribution in [-0.2, 0) is 4.79 Å². The predicted molar refractivity (Wildman–Crippen MR) is 93.3 cm³/mol. The molecular formula is C21H34O3. The number of carbonyl (C=O) groups is 1. The molecule has 0 heterocycles. The summed E-state index contributed by atoms with van der Waals surface area (Å²) in [5.74, 6) is 2.68. The van der Waals surface area contributed by atoms with Crippen LogP contribution in [-0.4, -0.2) is 28.2 Å². The van der Waals surface area contributed by atoms with Gasteiger partial charge in [-0.05, 0) is 86.4 Å². The molecule has 4 saturated carbocycles. The number of hydrogen-bond acceptors (Lipinski definition) is 3. The van der Waals surface area contributed by atoms with Crippen LogP contribution >= 0.6 is 0 Å². The molecule has 4 rings (SSSR count). The third-order valence-electron chi connectivity index (χ3n) is 9.44. The molecule has 4 aliphatic carbocycles. The van der Waals surface area contributed by atoms with Crippen molar-refractivity contribution in [3.63, 3.8) is 0 Å². The van der Waals surface area contributed by atoms with Gasteiger partial charge in [-0.2, -0.15) is 0 Å². The van der Waals surface area contributed by atoms with Crippen LogP contribution in [0.3, 0.4) is 0 Å². The summed E-state index contributed by atoms with van der Waals surface area (Å²) in [6.07, 6.45) is 8.37. The zero-order valence-corrected chi connectivity index (χ0v) is 15.6. The minimum absolute atomic E-state index is 0.0222. The van der Waals surface area contributed by atoms with Crippen molar-refractivity contribution in [2.75, 3.05) is 6.61 Å². The lowest BCUT2D eigenvalue weighted by atomic mass is 9.44. The summed E-state index contributed by atoms with van der Waals surface area (Å²) in [6.45, 7) is 6.83. The predicted octanol–water partition coefficient (Wildman–Crippen LogP) is 3.57. The van der Waals surface area contributed by atoms with E-state index in [1.165, 1.54) is 12.8 Å². The van der Waals surface area contributed by atoms with Crippen molar-refractivity contribution in [2.24, 2.45) is 40.4 Å². The summed E-state index contributed by atoms with van der Waals surface area (Å²) in [6, 6.07) is 0. The van der Waals surface area contributed by atoms with Crippen LogP contribution in [0.25, 0.3) is 0 Å². The van der Waals surface area contributed by atoms with E-state index >= 15 is 0 Å². The second-order valence-electron chi connectivity index (χ2n) is 10.2. The van der Waals surface area contributed by atoms with E-state index < -0.39 is 5.60 Å². The molecule has 8 atom stereocenters. The normalized spacial score (nSPS) is 57.2. The third kappa shape index (κ3) is 2.06. The van der Waals surface area contributed by atoms with Gasteiger partial charge in [0.25, 0.3) is 0 Å². The molecule has 3 nitrogen and oxygen atoms in total. The maximum Gasteiger partial charge on any atom is 0.138 e. The monoisotopic (exact) mass is 334 g/mol. The number of carbonyl (C=O) groups excluding carboxylic acids is 1. The highest BCUT2D eigenvalue weighted by atomic mass is 16.3. The Hall–Kier alpha value is -0.410. The second-order valence-corrected chi connectivity index (χ2v) is 10.2. The Balaban J connectivity index is 1.65. The molecule has 0 saturated heterocycles. The number of aliphatic hydroxyl groups excluding tert-OH is 1. The Morgan fingerprint density at radius 1 is 1.04 bits per heavy atom. The lowest BCUT2D eigenvalue weighted by Gasteiger charge is -2.61. The van der Waals surface area contributed by atoms with Crippen LogP contribution < -0.4 is 0 Å². The van der Waals surface area contributed by atoms with Crippen molar-refractivity contribution in [1.29, 1.82) is 0 Å². The highest BCUT2D eigenvalue weighted by Crippen LogP contribution is 2.68. The van der Waals surface area contributed by atoms with Crippen LogP contribution in [0.5, 0.6) is 0 Å². The first-order valence-electron chi connectivity index (χ1n) is 10.1. The van der Waals surface area contributed by atoms with E-state index in [0.717, 1.165) is 32.1 Å². The van der Waals surface area contributed by atoms with Crippen LogP contribution in [0.15, 0.2) is 0 Å². The van der Waals surface area contributed by atoms with Crippen LogP contribution in [0.1, 0.15) is 72.1 Å². The molecule has 0 aromatic carbocycles. The third-order valence-corrected chi connectivity index (χ3v) is 9.44.